The highest BCUT2D eigenvalue weighted by atomic mass is 16.3. The lowest BCUT2D eigenvalue weighted by molar-refractivity contribution is -0.115. The van der Waals surface area contributed by atoms with Gasteiger partial charge in [-0.15, -0.1) is 0 Å². The SMILES string of the molecule is Cc1ccccc1-c1nc2cc(NC(=O)CC#N)ccc2o1. The van der Waals surface area contributed by atoms with Gasteiger partial charge in [0.15, 0.2) is 5.58 Å². The molecule has 1 amide bonds. The summed E-state index contributed by atoms with van der Waals surface area (Å²) in [5, 5.41) is 11.2. The van der Waals surface area contributed by atoms with Gasteiger partial charge >= 0.3 is 0 Å². The Hall–Kier alpha value is -3.13. The fourth-order valence-electron chi connectivity index (χ4n) is 2.21. The third-order valence-corrected chi connectivity index (χ3v) is 3.29. The third-order valence-electron chi connectivity index (χ3n) is 3.29. The number of oxazole rings is 1. The Bertz CT molecular complexity index is 890. The van der Waals surface area contributed by atoms with Crippen molar-refractivity contribution in [3.05, 3.63) is 48.0 Å². The van der Waals surface area contributed by atoms with E-state index in [-0.39, 0.29) is 12.3 Å². The van der Waals surface area contributed by atoms with Crippen LogP contribution >= 0.6 is 0 Å². The molecule has 0 aliphatic carbocycles. The Labute approximate surface area is 127 Å². The molecular formula is C17H13N3O2. The number of nitrogens with one attached hydrogen (secondary N) is 1. The number of aryl methyl sites for hydroxylation is 1. The van der Waals surface area contributed by atoms with Gasteiger partial charge in [0.25, 0.3) is 0 Å². The van der Waals surface area contributed by atoms with E-state index in [1.54, 1.807) is 18.2 Å². The van der Waals surface area contributed by atoms with E-state index in [1.807, 2.05) is 37.3 Å². The predicted octanol–water partition coefficient (Wildman–Crippen LogP) is 3.66. The molecule has 0 spiro atoms. The maximum Gasteiger partial charge on any atom is 0.238 e. The number of amides is 1. The molecule has 0 bridgehead atoms. The molecule has 0 aliphatic rings. The molecule has 3 rings (SSSR count). The Morgan fingerprint density at radius 3 is 2.91 bits per heavy atom. The summed E-state index contributed by atoms with van der Waals surface area (Å²) in [7, 11) is 0. The summed E-state index contributed by atoms with van der Waals surface area (Å²) in [6.07, 6.45) is -0.175. The van der Waals surface area contributed by atoms with Crippen molar-refractivity contribution in [1.29, 1.82) is 5.26 Å². The molecule has 0 saturated carbocycles. The Morgan fingerprint density at radius 2 is 2.14 bits per heavy atom. The molecule has 5 heteroatoms. The summed E-state index contributed by atoms with van der Waals surface area (Å²) in [4.78, 5) is 15.9. The molecule has 0 atom stereocenters. The minimum absolute atomic E-state index is 0.175. The van der Waals surface area contributed by atoms with Gasteiger partial charge in [0.05, 0.1) is 6.07 Å². The van der Waals surface area contributed by atoms with Gasteiger partial charge in [-0.05, 0) is 36.8 Å². The molecule has 22 heavy (non-hydrogen) atoms. The molecule has 1 N–H and O–H groups in total. The van der Waals surface area contributed by atoms with Crippen molar-refractivity contribution in [3.8, 4) is 17.5 Å². The molecule has 1 aromatic heterocycles. The zero-order valence-corrected chi connectivity index (χ0v) is 12.0. The first-order valence-electron chi connectivity index (χ1n) is 6.81. The van der Waals surface area contributed by atoms with Gasteiger partial charge in [0.1, 0.15) is 11.9 Å². The Balaban J connectivity index is 1.96. The maximum absolute atomic E-state index is 11.4. The van der Waals surface area contributed by atoms with E-state index in [0.29, 0.717) is 22.7 Å². The van der Waals surface area contributed by atoms with Crippen LogP contribution in [0.5, 0.6) is 0 Å². The molecule has 5 nitrogen and oxygen atoms in total. The second kappa shape index (κ2) is 5.70. The van der Waals surface area contributed by atoms with E-state index in [4.69, 9.17) is 9.68 Å². The lowest BCUT2D eigenvalue weighted by Crippen LogP contribution is -2.09. The highest BCUT2D eigenvalue weighted by molar-refractivity contribution is 5.94. The lowest BCUT2D eigenvalue weighted by Gasteiger charge is -2.00. The summed E-state index contributed by atoms with van der Waals surface area (Å²) in [5.41, 5.74) is 3.92. The normalized spacial score (nSPS) is 10.4. The molecule has 1 heterocycles. The van der Waals surface area contributed by atoms with Crippen molar-refractivity contribution in [2.45, 2.75) is 13.3 Å². The minimum Gasteiger partial charge on any atom is -0.436 e. The highest BCUT2D eigenvalue weighted by Crippen LogP contribution is 2.28. The summed E-state index contributed by atoms with van der Waals surface area (Å²) in [5.74, 6) is 0.207. The van der Waals surface area contributed by atoms with Crippen molar-refractivity contribution in [2.24, 2.45) is 0 Å². The highest BCUT2D eigenvalue weighted by Gasteiger charge is 2.11. The second-order valence-electron chi connectivity index (χ2n) is 4.90. The van der Waals surface area contributed by atoms with Crippen LogP contribution < -0.4 is 5.32 Å². The number of nitrogens with zero attached hydrogens (tertiary/aromatic N) is 2. The van der Waals surface area contributed by atoms with Crippen LogP contribution in [0.15, 0.2) is 46.9 Å². The van der Waals surface area contributed by atoms with Gasteiger partial charge in [0.2, 0.25) is 11.8 Å². The average molecular weight is 291 g/mol. The van der Waals surface area contributed by atoms with E-state index in [2.05, 4.69) is 10.3 Å². The van der Waals surface area contributed by atoms with Crippen LogP contribution in [0.4, 0.5) is 5.69 Å². The van der Waals surface area contributed by atoms with E-state index in [9.17, 15) is 4.79 Å². The van der Waals surface area contributed by atoms with E-state index in [0.717, 1.165) is 11.1 Å². The average Bonchev–Trinajstić information content (AvgIpc) is 2.90. The number of fused-ring (bicyclic) bond motifs is 1. The standard InChI is InChI=1S/C17H13N3O2/c1-11-4-2-3-5-13(11)17-20-14-10-12(6-7-15(14)22-17)19-16(21)8-9-18/h2-7,10H,8H2,1H3,(H,19,21). The largest absolute Gasteiger partial charge is 0.436 e. The number of carbonyl (C=O) groups is 1. The number of rotatable bonds is 3. The van der Waals surface area contributed by atoms with Gasteiger partial charge in [-0.3, -0.25) is 4.79 Å². The van der Waals surface area contributed by atoms with Crippen LogP contribution in [-0.2, 0) is 4.79 Å². The minimum atomic E-state index is -0.343. The predicted molar refractivity (Wildman–Crippen MR) is 83.0 cm³/mol. The van der Waals surface area contributed by atoms with Gasteiger partial charge in [-0.25, -0.2) is 4.98 Å². The van der Waals surface area contributed by atoms with E-state index >= 15 is 0 Å². The monoisotopic (exact) mass is 291 g/mol. The zero-order chi connectivity index (χ0) is 15.5. The molecule has 108 valence electrons. The van der Waals surface area contributed by atoms with Crippen LogP contribution in [0.2, 0.25) is 0 Å². The van der Waals surface area contributed by atoms with Crippen LogP contribution in [0.1, 0.15) is 12.0 Å². The fourth-order valence-corrected chi connectivity index (χ4v) is 2.21. The molecular weight excluding hydrogens is 278 g/mol. The first kappa shape index (κ1) is 13.8. The number of hydrogen-bond acceptors (Lipinski definition) is 4. The topological polar surface area (TPSA) is 78.9 Å². The Kier molecular flexibility index (Phi) is 3.58. The third kappa shape index (κ3) is 2.67. The zero-order valence-electron chi connectivity index (χ0n) is 12.0. The first-order valence-corrected chi connectivity index (χ1v) is 6.81. The lowest BCUT2D eigenvalue weighted by atomic mass is 10.1. The summed E-state index contributed by atoms with van der Waals surface area (Å²) < 4.78 is 5.77. The summed E-state index contributed by atoms with van der Waals surface area (Å²) in [6.45, 7) is 2.00. The number of carbonyl (C=O) groups excluding carboxylic acids is 1. The smallest absolute Gasteiger partial charge is 0.238 e. The molecule has 0 fully saturated rings. The molecule has 0 saturated heterocycles. The van der Waals surface area contributed by atoms with E-state index < -0.39 is 0 Å². The first-order chi connectivity index (χ1) is 10.7. The number of anilines is 1. The maximum atomic E-state index is 11.4. The van der Waals surface area contributed by atoms with Crippen molar-refractivity contribution in [2.75, 3.05) is 5.32 Å². The quantitative estimate of drug-likeness (QED) is 0.798. The van der Waals surface area contributed by atoms with Crippen molar-refractivity contribution >= 4 is 22.7 Å². The van der Waals surface area contributed by atoms with Crippen molar-refractivity contribution in [1.82, 2.24) is 4.98 Å². The van der Waals surface area contributed by atoms with Gasteiger partial charge in [0, 0.05) is 11.3 Å². The molecule has 0 unspecified atom stereocenters. The summed E-state index contributed by atoms with van der Waals surface area (Å²) in [6, 6.07) is 14.9. The van der Waals surface area contributed by atoms with Gasteiger partial charge < -0.3 is 9.73 Å². The van der Waals surface area contributed by atoms with Crippen LogP contribution in [0.3, 0.4) is 0 Å². The van der Waals surface area contributed by atoms with Crippen LogP contribution in [0, 0.1) is 18.3 Å². The second-order valence-corrected chi connectivity index (χ2v) is 4.90. The number of hydrogen-bond donors (Lipinski definition) is 1. The van der Waals surface area contributed by atoms with Crippen LogP contribution in [0.25, 0.3) is 22.6 Å². The van der Waals surface area contributed by atoms with Gasteiger partial charge in [-0.1, -0.05) is 18.2 Å². The number of aromatic nitrogens is 1. The fraction of sp³-hybridized carbons (Fsp3) is 0.118. The molecule has 2 aromatic carbocycles. The molecule has 3 aromatic rings. The summed E-state index contributed by atoms with van der Waals surface area (Å²) >= 11 is 0. The van der Waals surface area contributed by atoms with Crippen molar-refractivity contribution < 1.29 is 9.21 Å². The number of nitriles is 1. The number of benzene rings is 2. The molecule has 0 radical (unpaired) electrons. The van der Waals surface area contributed by atoms with Gasteiger partial charge in [-0.2, -0.15) is 5.26 Å². The van der Waals surface area contributed by atoms with Crippen molar-refractivity contribution in [3.63, 3.8) is 0 Å². The van der Waals surface area contributed by atoms with E-state index in [1.165, 1.54) is 0 Å². The Morgan fingerprint density at radius 1 is 1.32 bits per heavy atom. The molecule has 0 aliphatic heterocycles. The van der Waals surface area contributed by atoms with Crippen LogP contribution in [-0.4, -0.2) is 10.9 Å².